The van der Waals surface area contributed by atoms with Crippen LogP contribution in [0.25, 0.3) is 21.2 Å². The van der Waals surface area contributed by atoms with E-state index in [4.69, 9.17) is 9.52 Å². The van der Waals surface area contributed by atoms with Gasteiger partial charge in [-0.1, -0.05) is 12.1 Å². The van der Waals surface area contributed by atoms with Crippen LogP contribution in [0.2, 0.25) is 0 Å². The van der Waals surface area contributed by atoms with Gasteiger partial charge >= 0.3 is 5.97 Å². The van der Waals surface area contributed by atoms with Crippen molar-refractivity contribution in [2.45, 2.75) is 13.5 Å². The van der Waals surface area contributed by atoms with Gasteiger partial charge in [0.05, 0.1) is 15.2 Å². The van der Waals surface area contributed by atoms with Gasteiger partial charge in [-0.05, 0) is 42.8 Å². The van der Waals surface area contributed by atoms with Gasteiger partial charge in [-0.2, -0.15) is 0 Å². The maximum atomic E-state index is 11.0. The smallest absolute Gasteiger partial charge is 0.371 e. The molecule has 0 radical (unpaired) electrons. The summed E-state index contributed by atoms with van der Waals surface area (Å²) in [5.74, 6) is -1.10. The molecule has 2 aromatic heterocycles. The quantitative estimate of drug-likeness (QED) is 0.566. The Hall–Kier alpha value is -2.86. The maximum absolute atomic E-state index is 11.0. The van der Waals surface area contributed by atoms with E-state index in [1.807, 2.05) is 37.3 Å². The molecule has 0 aliphatic heterocycles. The zero-order valence-corrected chi connectivity index (χ0v) is 13.7. The number of carboxylic acid groups (broad SMARTS) is 1. The molecule has 2 aromatic carbocycles. The second kappa shape index (κ2) is 5.65. The zero-order valence-electron chi connectivity index (χ0n) is 12.9. The van der Waals surface area contributed by atoms with Crippen LogP contribution in [0.5, 0.6) is 0 Å². The molecule has 5 nitrogen and oxygen atoms in total. The summed E-state index contributed by atoms with van der Waals surface area (Å²) >= 11 is 1.68. The standard InChI is InChI=1S/C18H14N2O3S/c1-10-20-14-8-13(4-5-17(14)24-10)19-9-11-2-3-12-7-16(18(21)22)23-15(12)6-11/h2-8,19H,9H2,1H3,(H,21,22). The molecule has 0 saturated heterocycles. The molecule has 0 unspecified atom stereocenters. The van der Waals surface area contributed by atoms with Gasteiger partial charge in [0.25, 0.3) is 0 Å². The van der Waals surface area contributed by atoms with E-state index in [1.54, 1.807) is 11.3 Å². The zero-order chi connectivity index (χ0) is 16.7. The lowest BCUT2D eigenvalue weighted by Crippen LogP contribution is -1.98. The summed E-state index contributed by atoms with van der Waals surface area (Å²) in [7, 11) is 0. The van der Waals surface area contributed by atoms with Gasteiger partial charge in [0.15, 0.2) is 0 Å². The van der Waals surface area contributed by atoms with Crippen molar-refractivity contribution in [3.8, 4) is 0 Å². The normalized spacial score (nSPS) is 11.2. The molecule has 0 saturated carbocycles. The highest BCUT2D eigenvalue weighted by atomic mass is 32.1. The number of fused-ring (bicyclic) bond motifs is 2. The van der Waals surface area contributed by atoms with Crippen LogP contribution in [0.1, 0.15) is 21.1 Å². The van der Waals surface area contributed by atoms with Gasteiger partial charge in [-0.3, -0.25) is 0 Å². The number of aromatic carboxylic acids is 1. The summed E-state index contributed by atoms with van der Waals surface area (Å²) in [5, 5.41) is 14.2. The van der Waals surface area contributed by atoms with E-state index < -0.39 is 5.97 Å². The molecule has 0 aliphatic rings. The Balaban J connectivity index is 1.55. The summed E-state index contributed by atoms with van der Waals surface area (Å²) in [4.78, 5) is 15.5. The predicted molar refractivity (Wildman–Crippen MR) is 94.9 cm³/mol. The second-order valence-electron chi connectivity index (χ2n) is 5.56. The predicted octanol–water partition coefficient (Wildman–Crippen LogP) is 4.66. The minimum atomic E-state index is -1.06. The summed E-state index contributed by atoms with van der Waals surface area (Å²) in [6.45, 7) is 2.62. The molecule has 6 heteroatoms. The van der Waals surface area contributed by atoms with E-state index in [1.165, 1.54) is 10.8 Å². The summed E-state index contributed by atoms with van der Waals surface area (Å²) < 4.78 is 6.52. The number of thiazole rings is 1. The first-order valence-corrected chi connectivity index (χ1v) is 8.27. The van der Waals surface area contributed by atoms with Crippen molar-refractivity contribution in [3.05, 3.63) is 58.8 Å². The molecule has 0 bridgehead atoms. The first-order chi connectivity index (χ1) is 11.6. The molecule has 0 amide bonds. The van der Waals surface area contributed by atoms with Crippen LogP contribution in [0.3, 0.4) is 0 Å². The van der Waals surface area contributed by atoms with Gasteiger partial charge < -0.3 is 14.8 Å². The molecule has 4 rings (SSSR count). The molecular formula is C18H14N2O3S. The summed E-state index contributed by atoms with van der Waals surface area (Å²) in [5.41, 5.74) is 3.59. The van der Waals surface area contributed by atoms with Gasteiger partial charge in [0.1, 0.15) is 5.58 Å². The molecule has 2 N–H and O–H groups in total. The van der Waals surface area contributed by atoms with Crippen LogP contribution >= 0.6 is 11.3 Å². The van der Waals surface area contributed by atoms with E-state index in [2.05, 4.69) is 16.4 Å². The van der Waals surface area contributed by atoms with Crippen LogP contribution in [0.15, 0.2) is 46.9 Å². The van der Waals surface area contributed by atoms with Crippen LogP contribution in [0, 0.1) is 6.92 Å². The molecule has 0 spiro atoms. The first-order valence-electron chi connectivity index (χ1n) is 7.45. The molecule has 0 aliphatic carbocycles. The summed E-state index contributed by atoms with van der Waals surface area (Å²) in [6.07, 6.45) is 0. The number of hydrogen-bond donors (Lipinski definition) is 2. The van der Waals surface area contributed by atoms with E-state index in [-0.39, 0.29) is 5.76 Å². The Morgan fingerprint density at radius 2 is 2.12 bits per heavy atom. The number of furan rings is 1. The van der Waals surface area contributed by atoms with Crippen LogP contribution in [-0.2, 0) is 6.54 Å². The third kappa shape index (κ3) is 2.72. The highest BCUT2D eigenvalue weighted by molar-refractivity contribution is 7.18. The van der Waals surface area contributed by atoms with Crippen LogP contribution in [0.4, 0.5) is 5.69 Å². The van der Waals surface area contributed by atoms with E-state index in [9.17, 15) is 4.79 Å². The molecular weight excluding hydrogens is 324 g/mol. The SMILES string of the molecule is Cc1nc2cc(NCc3ccc4cc(C(=O)O)oc4c3)ccc2s1. The fraction of sp³-hybridized carbons (Fsp3) is 0.111. The monoisotopic (exact) mass is 338 g/mol. The highest BCUT2D eigenvalue weighted by Crippen LogP contribution is 2.25. The average molecular weight is 338 g/mol. The number of nitrogens with one attached hydrogen (secondary N) is 1. The number of carbonyl (C=O) groups is 1. The number of rotatable bonds is 4. The van der Waals surface area contributed by atoms with Gasteiger partial charge in [-0.25, -0.2) is 9.78 Å². The number of benzene rings is 2. The molecule has 0 fully saturated rings. The third-order valence-corrected chi connectivity index (χ3v) is 4.74. The van der Waals surface area contributed by atoms with E-state index >= 15 is 0 Å². The minimum Gasteiger partial charge on any atom is -0.475 e. The number of aromatic nitrogens is 1. The van der Waals surface area contributed by atoms with Crippen LogP contribution < -0.4 is 5.32 Å². The third-order valence-electron chi connectivity index (χ3n) is 3.79. The number of hydrogen-bond acceptors (Lipinski definition) is 5. The Morgan fingerprint density at radius 3 is 2.96 bits per heavy atom. The summed E-state index contributed by atoms with van der Waals surface area (Å²) in [6, 6.07) is 13.4. The Morgan fingerprint density at radius 1 is 1.25 bits per heavy atom. The average Bonchev–Trinajstić information content (AvgIpc) is 3.14. The number of aryl methyl sites for hydroxylation is 1. The van der Waals surface area contributed by atoms with Crippen molar-refractivity contribution >= 4 is 44.2 Å². The number of nitrogens with zero attached hydrogens (tertiary/aromatic N) is 1. The lowest BCUT2D eigenvalue weighted by molar-refractivity contribution is 0.0665. The minimum absolute atomic E-state index is 0.0422. The van der Waals surface area contributed by atoms with Crippen LogP contribution in [-0.4, -0.2) is 16.1 Å². The molecule has 4 aromatic rings. The lowest BCUT2D eigenvalue weighted by Gasteiger charge is -2.06. The Labute approximate surface area is 141 Å². The second-order valence-corrected chi connectivity index (χ2v) is 6.79. The molecule has 120 valence electrons. The van der Waals surface area contributed by atoms with Crippen molar-refractivity contribution < 1.29 is 14.3 Å². The van der Waals surface area contributed by atoms with E-state index in [0.29, 0.717) is 12.1 Å². The molecule has 2 heterocycles. The van der Waals surface area contributed by atoms with Crippen molar-refractivity contribution in [3.63, 3.8) is 0 Å². The topological polar surface area (TPSA) is 75.4 Å². The van der Waals surface area contributed by atoms with Crippen molar-refractivity contribution in [2.24, 2.45) is 0 Å². The molecule has 24 heavy (non-hydrogen) atoms. The first kappa shape index (κ1) is 14.7. The highest BCUT2D eigenvalue weighted by Gasteiger charge is 2.10. The van der Waals surface area contributed by atoms with Gasteiger partial charge in [0, 0.05) is 17.6 Å². The van der Waals surface area contributed by atoms with Crippen molar-refractivity contribution in [1.29, 1.82) is 0 Å². The fourth-order valence-corrected chi connectivity index (χ4v) is 3.46. The van der Waals surface area contributed by atoms with Gasteiger partial charge in [-0.15, -0.1) is 11.3 Å². The largest absolute Gasteiger partial charge is 0.475 e. The van der Waals surface area contributed by atoms with Gasteiger partial charge in [0.2, 0.25) is 5.76 Å². The molecule has 0 atom stereocenters. The Bertz CT molecular complexity index is 1060. The number of anilines is 1. The Kier molecular flexibility index (Phi) is 3.46. The van der Waals surface area contributed by atoms with Crippen molar-refractivity contribution in [1.82, 2.24) is 4.98 Å². The maximum Gasteiger partial charge on any atom is 0.371 e. The van der Waals surface area contributed by atoms with Crippen molar-refractivity contribution in [2.75, 3.05) is 5.32 Å². The lowest BCUT2D eigenvalue weighted by atomic mass is 10.1. The number of carboxylic acids is 1. The fourth-order valence-electron chi connectivity index (χ4n) is 2.65. The van der Waals surface area contributed by atoms with E-state index in [0.717, 1.165) is 27.2 Å².